The summed E-state index contributed by atoms with van der Waals surface area (Å²) in [4.78, 5) is 8.49. The monoisotopic (exact) mass is 242 g/mol. The minimum atomic E-state index is -0.358. The van der Waals surface area contributed by atoms with E-state index < -0.39 is 0 Å². The van der Waals surface area contributed by atoms with Crippen molar-refractivity contribution in [2.24, 2.45) is 0 Å². The van der Waals surface area contributed by atoms with Gasteiger partial charge in [-0.2, -0.15) is 0 Å². The molecule has 0 saturated heterocycles. The third kappa shape index (κ3) is 1.69. The summed E-state index contributed by atoms with van der Waals surface area (Å²) in [5, 5.41) is 0. The van der Waals surface area contributed by atoms with E-state index in [2.05, 4.69) is 9.97 Å². The van der Waals surface area contributed by atoms with Crippen molar-refractivity contribution in [2.45, 2.75) is 6.92 Å². The summed E-state index contributed by atoms with van der Waals surface area (Å²) < 4.78 is 14.7. The summed E-state index contributed by atoms with van der Waals surface area (Å²) in [6.07, 6.45) is 4.81. The Morgan fingerprint density at radius 2 is 2.06 bits per heavy atom. The molecule has 90 valence electrons. The van der Waals surface area contributed by atoms with Crippen molar-refractivity contribution < 1.29 is 4.39 Å². The highest BCUT2D eigenvalue weighted by Gasteiger charge is 2.08. The Hall–Kier alpha value is -2.43. The van der Waals surface area contributed by atoms with Crippen LogP contribution in [0.1, 0.15) is 5.56 Å². The minimum absolute atomic E-state index is 0.358. The van der Waals surface area contributed by atoms with Gasteiger partial charge in [-0.25, -0.2) is 9.37 Å². The molecule has 3 heterocycles. The third-order valence-corrected chi connectivity index (χ3v) is 2.75. The number of aromatic nitrogens is 3. The molecule has 18 heavy (non-hydrogen) atoms. The van der Waals surface area contributed by atoms with Crippen molar-refractivity contribution in [3.63, 3.8) is 0 Å². The largest absolute Gasteiger partial charge is 0.398 e. The molecule has 3 aromatic rings. The van der Waals surface area contributed by atoms with E-state index in [4.69, 9.17) is 5.73 Å². The summed E-state index contributed by atoms with van der Waals surface area (Å²) in [5.41, 5.74) is 9.60. The molecule has 0 aliphatic heterocycles. The molecule has 0 radical (unpaired) electrons. The number of hydrogen-bond donors (Lipinski definition) is 1. The van der Waals surface area contributed by atoms with E-state index in [1.165, 1.54) is 12.3 Å². The van der Waals surface area contributed by atoms with Crippen LogP contribution in [0.25, 0.3) is 17.0 Å². The maximum atomic E-state index is 12.8. The molecule has 0 unspecified atom stereocenters. The van der Waals surface area contributed by atoms with E-state index in [-0.39, 0.29) is 5.82 Å². The van der Waals surface area contributed by atoms with Gasteiger partial charge in [-0.15, -0.1) is 0 Å². The summed E-state index contributed by atoms with van der Waals surface area (Å²) in [6.45, 7) is 1.95. The first-order valence-electron chi connectivity index (χ1n) is 5.50. The first-order chi connectivity index (χ1) is 8.63. The normalized spacial score (nSPS) is 11.0. The molecule has 0 aromatic carbocycles. The van der Waals surface area contributed by atoms with E-state index in [9.17, 15) is 4.39 Å². The standard InChI is InChI=1S/C13H11FN4/c1-8-4-10(15)6-18-7-12(17-13(8)18)11-3-2-9(14)5-16-11/h2-7H,15H2,1H3. The van der Waals surface area contributed by atoms with Gasteiger partial charge < -0.3 is 10.1 Å². The molecule has 4 nitrogen and oxygen atoms in total. The molecule has 0 spiro atoms. The van der Waals surface area contributed by atoms with Crippen molar-refractivity contribution in [1.29, 1.82) is 0 Å². The number of aryl methyl sites for hydroxylation is 1. The molecular weight excluding hydrogens is 231 g/mol. The fourth-order valence-corrected chi connectivity index (χ4v) is 1.95. The third-order valence-electron chi connectivity index (χ3n) is 2.75. The van der Waals surface area contributed by atoms with Crippen molar-refractivity contribution in [2.75, 3.05) is 5.73 Å². The quantitative estimate of drug-likeness (QED) is 0.713. The molecule has 0 aliphatic rings. The van der Waals surface area contributed by atoms with Gasteiger partial charge >= 0.3 is 0 Å². The molecule has 0 amide bonds. The molecule has 2 N–H and O–H groups in total. The van der Waals surface area contributed by atoms with Crippen LogP contribution >= 0.6 is 0 Å². The van der Waals surface area contributed by atoms with Crippen LogP contribution in [0.5, 0.6) is 0 Å². The number of imidazole rings is 1. The van der Waals surface area contributed by atoms with Gasteiger partial charge in [0.2, 0.25) is 0 Å². The second-order valence-corrected chi connectivity index (χ2v) is 4.18. The van der Waals surface area contributed by atoms with Gasteiger partial charge in [-0.1, -0.05) is 0 Å². The predicted molar refractivity (Wildman–Crippen MR) is 67.5 cm³/mol. The SMILES string of the molecule is Cc1cc(N)cn2cc(-c3ccc(F)cn3)nc12. The molecular formula is C13H11FN4. The summed E-state index contributed by atoms with van der Waals surface area (Å²) in [5.74, 6) is -0.358. The Balaban J connectivity index is 2.19. The highest BCUT2D eigenvalue weighted by molar-refractivity contribution is 5.63. The van der Waals surface area contributed by atoms with Crippen LogP contribution in [0.3, 0.4) is 0 Å². The molecule has 0 saturated carbocycles. The van der Waals surface area contributed by atoms with Crippen molar-refractivity contribution in [3.05, 3.63) is 48.2 Å². The number of nitrogens with zero attached hydrogens (tertiary/aromatic N) is 3. The van der Waals surface area contributed by atoms with Crippen molar-refractivity contribution >= 4 is 11.3 Å². The van der Waals surface area contributed by atoms with Crippen LogP contribution in [0.2, 0.25) is 0 Å². The van der Waals surface area contributed by atoms with Gasteiger partial charge in [-0.05, 0) is 30.7 Å². The summed E-state index contributed by atoms with van der Waals surface area (Å²) in [7, 11) is 0. The van der Waals surface area contributed by atoms with Crippen LogP contribution in [0.15, 0.2) is 36.8 Å². The van der Waals surface area contributed by atoms with Crippen molar-refractivity contribution in [3.8, 4) is 11.4 Å². The molecule has 0 aliphatic carbocycles. The fraction of sp³-hybridized carbons (Fsp3) is 0.0769. The average molecular weight is 242 g/mol. The molecule has 0 atom stereocenters. The highest BCUT2D eigenvalue weighted by Crippen LogP contribution is 2.20. The van der Waals surface area contributed by atoms with E-state index in [0.29, 0.717) is 17.1 Å². The number of pyridine rings is 2. The lowest BCUT2D eigenvalue weighted by Crippen LogP contribution is -1.92. The van der Waals surface area contributed by atoms with E-state index in [1.807, 2.05) is 23.6 Å². The van der Waals surface area contributed by atoms with Crippen LogP contribution in [0.4, 0.5) is 10.1 Å². The summed E-state index contributed by atoms with van der Waals surface area (Å²) >= 11 is 0. The lowest BCUT2D eigenvalue weighted by molar-refractivity contribution is 0.622. The average Bonchev–Trinajstić information content (AvgIpc) is 2.74. The summed E-state index contributed by atoms with van der Waals surface area (Å²) in [6, 6.07) is 4.84. The number of hydrogen-bond acceptors (Lipinski definition) is 3. The molecule has 0 bridgehead atoms. The first-order valence-corrected chi connectivity index (χ1v) is 5.50. The second-order valence-electron chi connectivity index (χ2n) is 4.18. The zero-order chi connectivity index (χ0) is 12.7. The highest BCUT2D eigenvalue weighted by atomic mass is 19.1. The molecule has 0 fully saturated rings. The van der Waals surface area contributed by atoms with E-state index >= 15 is 0 Å². The van der Waals surface area contributed by atoms with Gasteiger partial charge in [0, 0.05) is 18.1 Å². The van der Waals surface area contributed by atoms with Crippen LogP contribution in [-0.2, 0) is 0 Å². The van der Waals surface area contributed by atoms with Crippen molar-refractivity contribution in [1.82, 2.24) is 14.4 Å². The minimum Gasteiger partial charge on any atom is -0.398 e. The Morgan fingerprint density at radius 3 is 2.78 bits per heavy atom. The Labute approximate surface area is 103 Å². The number of nitrogens with two attached hydrogens (primary N) is 1. The smallest absolute Gasteiger partial charge is 0.141 e. The fourth-order valence-electron chi connectivity index (χ4n) is 1.95. The van der Waals surface area contributed by atoms with Crippen LogP contribution in [-0.4, -0.2) is 14.4 Å². The number of fused-ring (bicyclic) bond motifs is 1. The van der Waals surface area contributed by atoms with Gasteiger partial charge in [0.25, 0.3) is 0 Å². The predicted octanol–water partition coefficient (Wildman–Crippen LogP) is 2.43. The Morgan fingerprint density at radius 1 is 1.22 bits per heavy atom. The number of anilines is 1. The van der Waals surface area contributed by atoms with Gasteiger partial charge in [0.15, 0.2) is 0 Å². The van der Waals surface area contributed by atoms with E-state index in [1.54, 1.807) is 12.3 Å². The topological polar surface area (TPSA) is 56.2 Å². The zero-order valence-corrected chi connectivity index (χ0v) is 9.76. The van der Waals surface area contributed by atoms with Crippen LogP contribution in [0, 0.1) is 12.7 Å². The number of rotatable bonds is 1. The molecule has 3 rings (SSSR count). The lowest BCUT2D eigenvalue weighted by atomic mass is 10.3. The molecule has 3 aromatic heterocycles. The molecule has 5 heteroatoms. The van der Waals surface area contributed by atoms with Crippen LogP contribution < -0.4 is 5.73 Å². The Bertz CT molecular complexity index is 716. The van der Waals surface area contributed by atoms with E-state index in [0.717, 1.165) is 11.2 Å². The lowest BCUT2D eigenvalue weighted by Gasteiger charge is -1.98. The maximum Gasteiger partial charge on any atom is 0.141 e. The van der Waals surface area contributed by atoms with Gasteiger partial charge in [0.1, 0.15) is 17.2 Å². The van der Waals surface area contributed by atoms with Gasteiger partial charge in [-0.3, -0.25) is 4.98 Å². The first kappa shape index (κ1) is 10.7. The number of nitrogen functional groups attached to an aromatic ring is 1. The number of halogens is 1. The van der Waals surface area contributed by atoms with Gasteiger partial charge in [0.05, 0.1) is 11.9 Å². The zero-order valence-electron chi connectivity index (χ0n) is 9.76. The maximum absolute atomic E-state index is 12.8. The second kappa shape index (κ2) is 3.80. The Kier molecular flexibility index (Phi) is 2.26.